The van der Waals surface area contributed by atoms with Crippen LogP contribution in [-0.4, -0.2) is 9.78 Å². The molecule has 1 heterocycles. The van der Waals surface area contributed by atoms with Crippen molar-refractivity contribution < 1.29 is 0 Å². The van der Waals surface area contributed by atoms with E-state index in [0.29, 0.717) is 0 Å². The molecule has 96 valence electrons. The van der Waals surface area contributed by atoms with Crippen LogP contribution in [0.1, 0.15) is 43.3 Å². The summed E-state index contributed by atoms with van der Waals surface area (Å²) in [6.07, 6.45) is 0. The molecule has 0 aliphatic heterocycles. The van der Waals surface area contributed by atoms with Crippen LogP contribution in [0.2, 0.25) is 0 Å². The average Bonchev–Trinajstić information content (AvgIpc) is 2.56. The SMILES string of the molecule is Cc1nn(-c2ccc(C(C)(C)C)cc2)c(C)c1C. The Hall–Kier alpha value is -1.57. The second kappa shape index (κ2) is 4.27. The van der Waals surface area contributed by atoms with Crippen LogP contribution in [0.15, 0.2) is 24.3 Å². The van der Waals surface area contributed by atoms with Crippen LogP contribution >= 0.6 is 0 Å². The summed E-state index contributed by atoms with van der Waals surface area (Å²) in [6.45, 7) is 13.0. The molecule has 2 heteroatoms. The molecule has 2 rings (SSSR count). The third-order valence-corrected chi connectivity index (χ3v) is 3.63. The molecule has 0 fully saturated rings. The lowest BCUT2D eigenvalue weighted by atomic mass is 9.87. The van der Waals surface area contributed by atoms with E-state index < -0.39 is 0 Å². The van der Waals surface area contributed by atoms with Crippen LogP contribution in [0.4, 0.5) is 0 Å². The van der Waals surface area contributed by atoms with Gasteiger partial charge < -0.3 is 0 Å². The fourth-order valence-electron chi connectivity index (χ4n) is 2.07. The Bertz CT molecular complexity index is 554. The van der Waals surface area contributed by atoms with Crippen LogP contribution in [0.25, 0.3) is 5.69 Å². The van der Waals surface area contributed by atoms with E-state index in [0.717, 1.165) is 11.4 Å². The highest BCUT2D eigenvalue weighted by atomic mass is 15.3. The van der Waals surface area contributed by atoms with Gasteiger partial charge >= 0.3 is 0 Å². The van der Waals surface area contributed by atoms with Crippen LogP contribution in [0.3, 0.4) is 0 Å². The average molecular weight is 242 g/mol. The highest BCUT2D eigenvalue weighted by Crippen LogP contribution is 2.24. The molecule has 2 aromatic rings. The smallest absolute Gasteiger partial charge is 0.0649 e. The number of rotatable bonds is 1. The third-order valence-electron chi connectivity index (χ3n) is 3.63. The quantitative estimate of drug-likeness (QED) is 0.736. The van der Waals surface area contributed by atoms with Crippen molar-refractivity contribution in [3.8, 4) is 5.69 Å². The van der Waals surface area contributed by atoms with Gasteiger partial charge in [0.25, 0.3) is 0 Å². The van der Waals surface area contributed by atoms with E-state index in [1.165, 1.54) is 16.8 Å². The van der Waals surface area contributed by atoms with Crippen molar-refractivity contribution in [3.63, 3.8) is 0 Å². The summed E-state index contributed by atoms with van der Waals surface area (Å²) >= 11 is 0. The van der Waals surface area contributed by atoms with Crippen LogP contribution in [-0.2, 0) is 5.41 Å². The van der Waals surface area contributed by atoms with E-state index in [-0.39, 0.29) is 5.41 Å². The monoisotopic (exact) mass is 242 g/mol. The van der Waals surface area contributed by atoms with E-state index in [1.807, 2.05) is 4.68 Å². The zero-order chi connectivity index (χ0) is 13.5. The summed E-state index contributed by atoms with van der Waals surface area (Å²) in [6, 6.07) is 8.70. The maximum Gasteiger partial charge on any atom is 0.0649 e. The maximum atomic E-state index is 4.59. The van der Waals surface area contributed by atoms with Crippen molar-refractivity contribution in [2.45, 2.75) is 47.0 Å². The lowest BCUT2D eigenvalue weighted by Gasteiger charge is -2.19. The zero-order valence-corrected chi connectivity index (χ0v) is 12.2. The van der Waals surface area contributed by atoms with Gasteiger partial charge in [-0.3, -0.25) is 0 Å². The first-order valence-corrected chi connectivity index (χ1v) is 6.44. The number of hydrogen-bond donors (Lipinski definition) is 0. The van der Waals surface area contributed by atoms with Crippen molar-refractivity contribution in [3.05, 3.63) is 46.8 Å². The largest absolute Gasteiger partial charge is 0.238 e. The van der Waals surface area contributed by atoms with Crippen molar-refractivity contribution in [2.24, 2.45) is 0 Å². The van der Waals surface area contributed by atoms with Crippen LogP contribution in [0, 0.1) is 20.8 Å². The minimum atomic E-state index is 0.198. The minimum absolute atomic E-state index is 0.198. The van der Waals surface area contributed by atoms with Crippen molar-refractivity contribution in [1.29, 1.82) is 0 Å². The molecule has 0 aliphatic carbocycles. The van der Waals surface area contributed by atoms with Gasteiger partial charge in [0.15, 0.2) is 0 Å². The van der Waals surface area contributed by atoms with E-state index in [9.17, 15) is 0 Å². The Kier molecular flexibility index (Phi) is 3.05. The van der Waals surface area contributed by atoms with Crippen LogP contribution < -0.4 is 0 Å². The number of aryl methyl sites for hydroxylation is 1. The first kappa shape index (κ1) is 12.9. The highest BCUT2D eigenvalue weighted by Gasteiger charge is 2.14. The zero-order valence-electron chi connectivity index (χ0n) is 12.2. The lowest BCUT2D eigenvalue weighted by Crippen LogP contribution is -2.11. The second-order valence-electron chi connectivity index (χ2n) is 6.00. The summed E-state index contributed by atoms with van der Waals surface area (Å²) in [5, 5.41) is 4.59. The first-order valence-electron chi connectivity index (χ1n) is 6.44. The second-order valence-corrected chi connectivity index (χ2v) is 6.00. The van der Waals surface area contributed by atoms with Gasteiger partial charge in [-0.05, 0) is 49.4 Å². The number of nitrogens with zero attached hydrogens (tertiary/aromatic N) is 2. The predicted octanol–water partition coefficient (Wildman–Crippen LogP) is 4.10. The number of aromatic nitrogens is 2. The van der Waals surface area contributed by atoms with Gasteiger partial charge in [0.2, 0.25) is 0 Å². The van der Waals surface area contributed by atoms with E-state index in [1.54, 1.807) is 0 Å². The third kappa shape index (κ3) is 2.20. The Morgan fingerprint density at radius 3 is 1.89 bits per heavy atom. The van der Waals surface area contributed by atoms with Gasteiger partial charge in [0.1, 0.15) is 0 Å². The lowest BCUT2D eigenvalue weighted by molar-refractivity contribution is 0.590. The molecule has 0 amide bonds. The molecular weight excluding hydrogens is 220 g/mol. The van der Waals surface area contributed by atoms with Crippen molar-refractivity contribution in [2.75, 3.05) is 0 Å². The molecule has 0 saturated heterocycles. The molecule has 0 radical (unpaired) electrons. The molecule has 0 unspecified atom stereocenters. The molecule has 1 aromatic heterocycles. The number of benzene rings is 1. The van der Waals surface area contributed by atoms with E-state index >= 15 is 0 Å². The standard InChI is InChI=1S/C16H22N2/c1-11-12(2)17-18(13(11)3)15-9-7-14(8-10-15)16(4,5)6/h7-10H,1-6H3. The Balaban J connectivity index is 2.44. The normalized spacial score (nSPS) is 11.9. The molecule has 0 spiro atoms. The fraction of sp³-hybridized carbons (Fsp3) is 0.438. The molecule has 0 atom stereocenters. The summed E-state index contributed by atoms with van der Waals surface area (Å²) < 4.78 is 2.02. The predicted molar refractivity (Wildman–Crippen MR) is 76.5 cm³/mol. The van der Waals surface area contributed by atoms with Gasteiger partial charge in [-0.25, -0.2) is 4.68 Å². The van der Waals surface area contributed by atoms with E-state index in [2.05, 4.69) is 70.9 Å². The molecule has 2 nitrogen and oxygen atoms in total. The summed E-state index contributed by atoms with van der Waals surface area (Å²) in [5.41, 5.74) is 6.28. The Morgan fingerprint density at radius 1 is 0.944 bits per heavy atom. The molecule has 1 aromatic carbocycles. The summed E-state index contributed by atoms with van der Waals surface area (Å²) in [7, 11) is 0. The number of hydrogen-bond acceptors (Lipinski definition) is 1. The highest BCUT2D eigenvalue weighted by molar-refractivity contribution is 5.39. The summed E-state index contributed by atoms with van der Waals surface area (Å²) in [4.78, 5) is 0. The minimum Gasteiger partial charge on any atom is -0.238 e. The Labute approximate surface area is 110 Å². The van der Waals surface area contributed by atoms with Gasteiger partial charge in [-0.2, -0.15) is 5.10 Å². The van der Waals surface area contributed by atoms with Gasteiger partial charge in [0, 0.05) is 5.69 Å². The fourth-order valence-corrected chi connectivity index (χ4v) is 2.07. The van der Waals surface area contributed by atoms with Crippen LogP contribution in [0.5, 0.6) is 0 Å². The maximum absolute atomic E-state index is 4.59. The molecule has 0 N–H and O–H groups in total. The Morgan fingerprint density at radius 2 is 1.50 bits per heavy atom. The van der Waals surface area contributed by atoms with Gasteiger partial charge in [-0.1, -0.05) is 32.9 Å². The molecular formula is C16H22N2. The molecule has 0 bridgehead atoms. The topological polar surface area (TPSA) is 17.8 Å². The molecule has 0 saturated carbocycles. The molecule has 18 heavy (non-hydrogen) atoms. The van der Waals surface area contributed by atoms with Crippen molar-refractivity contribution >= 4 is 0 Å². The van der Waals surface area contributed by atoms with Crippen molar-refractivity contribution in [1.82, 2.24) is 9.78 Å². The van der Waals surface area contributed by atoms with Gasteiger partial charge in [0.05, 0.1) is 11.4 Å². The first-order chi connectivity index (χ1) is 8.30. The molecule has 0 aliphatic rings. The summed E-state index contributed by atoms with van der Waals surface area (Å²) in [5.74, 6) is 0. The van der Waals surface area contributed by atoms with E-state index in [4.69, 9.17) is 0 Å². The van der Waals surface area contributed by atoms with Gasteiger partial charge in [-0.15, -0.1) is 0 Å².